The number of hydrogen-bond acceptors (Lipinski definition) is 5. The summed E-state index contributed by atoms with van der Waals surface area (Å²) in [6.07, 6.45) is 0. The number of aromatic nitrogens is 2. The Morgan fingerprint density at radius 3 is 2.40 bits per heavy atom. The molecule has 7 heteroatoms. The summed E-state index contributed by atoms with van der Waals surface area (Å²) >= 11 is 6.07. The van der Waals surface area contributed by atoms with E-state index in [-0.39, 0.29) is 11.8 Å². The maximum atomic E-state index is 11.7. The molecule has 1 aromatic heterocycles. The quantitative estimate of drug-likeness (QED) is 0.909. The van der Waals surface area contributed by atoms with Crippen LogP contribution < -0.4 is 15.1 Å². The molecule has 0 unspecified atom stereocenters. The highest BCUT2D eigenvalue weighted by atomic mass is 35.5. The minimum absolute atomic E-state index is 0.0582. The van der Waals surface area contributed by atoms with Crippen LogP contribution in [0.1, 0.15) is 13.8 Å². The maximum Gasteiger partial charge on any atom is 0.228 e. The average Bonchev–Trinajstić information content (AvgIpc) is 2.62. The fraction of sp³-hybridized carbons (Fsp3) is 0.389. The van der Waals surface area contributed by atoms with Crippen molar-refractivity contribution >= 4 is 34.8 Å². The molecule has 1 aliphatic rings. The van der Waals surface area contributed by atoms with Crippen LogP contribution in [0.3, 0.4) is 0 Å². The third kappa shape index (κ3) is 4.39. The van der Waals surface area contributed by atoms with E-state index in [1.807, 2.05) is 38.1 Å². The largest absolute Gasteiger partial charge is 0.368 e. The first-order chi connectivity index (χ1) is 12.0. The average molecular weight is 360 g/mol. The van der Waals surface area contributed by atoms with E-state index in [2.05, 4.69) is 31.4 Å². The summed E-state index contributed by atoms with van der Waals surface area (Å²) in [5, 5.41) is 11.9. The van der Waals surface area contributed by atoms with E-state index < -0.39 is 0 Å². The second kappa shape index (κ2) is 7.70. The van der Waals surface area contributed by atoms with Crippen LogP contribution in [-0.4, -0.2) is 42.3 Å². The van der Waals surface area contributed by atoms with Gasteiger partial charge >= 0.3 is 0 Å². The van der Waals surface area contributed by atoms with Gasteiger partial charge in [-0.25, -0.2) is 0 Å². The van der Waals surface area contributed by atoms with Gasteiger partial charge in [-0.15, -0.1) is 10.2 Å². The standard InChI is InChI=1S/C18H22ClN5O/c1-13(2)18(25)20-16-6-7-17(22-21-16)24-10-8-23(9-11-24)15-5-3-4-14(19)12-15/h3-7,12-13H,8-11H2,1-2H3,(H,20,21,25). The molecule has 132 valence electrons. The van der Waals surface area contributed by atoms with E-state index in [0.29, 0.717) is 5.82 Å². The topological polar surface area (TPSA) is 61.4 Å². The number of nitrogens with one attached hydrogen (secondary N) is 1. The molecule has 1 amide bonds. The molecule has 2 aromatic rings. The highest BCUT2D eigenvalue weighted by Gasteiger charge is 2.19. The van der Waals surface area contributed by atoms with Crippen LogP contribution in [0.2, 0.25) is 5.02 Å². The Bertz CT molecular complexity index is 727. The van der Waals surface area contributed by atoms with Gasteiger partial charge in [-0.05, 0) is 30.3 Å². The van der Waals surface area contributed by atoms with Crippen LogP contribution in [0.25, 0.3) is 0 Å². The van der Waals surface area contributed by atoms with Gasteiger partial charge in [0.1, 0.15) is 0 Å². The van der Waals surface area contributed by atoms with Crippen molar-refractivity contribution < 1.29 is 4.79 Å². The lowest BCUT2D eigenvalue weighted by Gasteiger charge is -2.36. The number of rotatable bonds is 4. The monoisotopic (exact) mass is 359 g/mol. The molecule has 0 aliphatic carbocycles. The maximum absolute atomic E-state index is 11.7. The van der Waals surface area contributed by atoms with Crippen LogP contribution in [-0.2, 0) is 4.79 Å². The molecule has 1 aromatic carbocycles. The lowest BCUT2D eigenvalue weighted by atomic mass is 10.2. The lowest BCUT2D eigenvalue weighted by molar-refractivity contribution is -0.118. The Hall–Kier alpha value is -2.34. The molecule has 0 saturated carbocycles. The Morgan fingerprint density at radius 2 is 1.80 bits per heavy atom. The first-order valence-electron chi connectivity index (χ1n) is 8.43. The van der Waals surface area contributed by atoms with Gasteiger partial charge in [0.2, 0.25) is 5.91 Å². The van der Waals surface area contributed by atoms with E-state index in [4.69, 9.17) is 11.6 Å². The molecular formula is C18H22ClN5O. The van der Waals surface area contributed by atoms with Crippen molar-refractivity contribution in [3.05, 3.63) is 41.4 Å². The van der Waals surface area contributed by atoms with E-state index in [0.717, 1.165) is 42.7 Å². The van der Waals surface area contributed by atoms with Crippen molar-refractivity contribution in [3.63, 3.8) is 0 Å². The van der Waals surface area contributed by atoms with Crippen molar-refractivity contribution in [2.45, 2.75) is 13.8 Å². The third-order valence-corrected chi connectivity index (χ3v) is 4.44. The Morgan fingerprint density at radius 1 is 1.08 bits per heavy atom. The Balaban J connectivity index is 1.58. The van der Waals surface area contributed by atoms with Gasteiger partial charge in [-0.3, -0.25) is 4.79 Å². The Kier molecular flexibility index (Phi) is 5.38. The smallest absolute Gasteiger partial charge is 0.228 e. The summed E-state index contributed by atoms with van der Waals surface area (Å²) in [5.41, 5.74) is 1.14. The number of halogens is 1. The van der Waals surface area contributed by atoms with Gasteiger partial charge in [0.05, 0.1) is 0 Å². The van der Waals surface area contributed by atoms with Gasteiger partial charge in [0, 0.05) is 42.8 Å². The first-order valence-corrected chi connectivity index (χ1v) is 8.81. The summed E-state index contributed by atoms with van der Waals surface area (Å²) in [6, 6.07) is 11.6. The van der Waals surface area contributed by atoms with E-state index in [9.17, 15) is 4.79 Å². The van der Waals surface area contributed by atoms with Gasteiger partial charge in [0.25, 0.3) is 0 Å². The molecule has 25 heavy (non-hydrogen) atoms. The number of piperazine rings is 1. The number of nitrogens with zero attached hydrogens (tertiary/aromatic N) is 4. The first kappa shape index (κ1) is 17.5. The summed E-state index contributed by atoms with van der Waals surface area (Å²) in [5.74, 6) is 1.17. The van der Waals surface area contributed by atoms with Crippen molar-refractivity contribution in [1.29, 1.82) is 0 Å². The zero-order valence-electron chi connectivity index (χ0n) is 14.4. The van der Waals surface area contributed by atoms with Crippen molar-refractivity contribution in [3.8, 4) is 0 Å². The molecule has 2 heterocycles. The predicted molar refractivity (Wildman–Crippen MR) is 101 cm³/mol. The number of hydrogen-bond donors (Lipinski definition) is 1. The predicted octanol–water partition coefficient (Wildman–Crippen LogP) is 3.05. The SMILES string of the molecule is CC(C)C(=O)Nc1ccc(N2CCN(c3cccc(Cl)c3)CC2)nn1. The minimum atomic E-state index is -0.0824. The number of benzene rings is 1. The zero-order chi connectivity index (χ0) is 17.8. The number of amides is 1. The number of carbonyl (C=O) groups excluding carboxylic acids is 1. The molecule has 0 spiro atoms. The summed E-state index contributed by atoms with van der Waals surface area (Å²) in [6.45, 7) is 7.20. The molecule has 0 atom stereocenters. The normalized spacial score (nSPS) is 14.7. The molecule has 6 nitrogen and oxygen atoms in total. The molecule has 1 aliphatic heterocycles. The lowest BCUT2D eigenvalue weighted by Crippen LogP contribution is -2.46. The molecule has 0 bridgehead atoms. The summed E-state index contributed by atoms with van der Waals surface area (Å²) < 4.78 is 0. The van der Waals surface area contributed by atoms with E-state index in [1.165, 1.54) is 0 Å². The fourth-order valence-electron chi connectivity index (χ4n) is 2.70. The van der Waals surface area contributed by atoms with Crippen LogP contribution in [0.15, 0.2) is 36.4 Å². The number of carbonyl (C=O) groups is 1. The van der Waals surface area contributed by atoms with Gasteiger partial charge in [-0.2, -0.15) is 0 Å². The zero-order valence-corrected chi connectivity index (χ0v) is 15.2. The van der Waals surface area contributed by atoms with Crippen LogP contribution >= 0.6 is 11.6 Å². The van der Waals surface area contributed by atoms with Crippen molar-refractivity contribution in [2.24, 2.45) is 5.92 Å². The highest BCUT2D eigenvalue weighted by molar-refractivity contribution is 6.30. The van der Waals surface area contributed by atoms with Crippen LogP contribution in [0, 0.1) is 5.92 Å². The number of anilines is 3. The van der Waals surface area contributed by atoms with Gasteiger partial charge < -0.3 is 15.1 Å². The van der Waals surface area contributed by atoms with Crippen LogP contribution in [0.5, 0.6) is 0 Å². The van der Waals surface area contributed by atoms with E-state index in [1.54, 1.807) is 6.07 Å². The molecule has 1 fully saturated rings. The van der Waals surface area contributed by atoms with Gasteiger partial charge in [0.15, 0.2) is 11.6 Å². The van der Waals surface area contributed by atoms with Gasteiger partial charge in [-0.1, -0.05) is 31.5 Å². The molecule has 1 N–H and O–H groups in total. The van der Waals surface area contributed by atoms with Crippen LogP contribution in [0.4, 0.5) is 17.3 Å². The summed E-state index contributed by atoms with van der Waals surface area (Å²) in [7, 11) is 0. The van der Waals surface area contributed by atoms with E-state index >= 15 is 0 Å². The minimum Gasteiger partial charge on any atom is -0.368 e. The van der Waals surface area contributed by atoms with Crippen molar-refractivity contribution in [1.82, 2.24) is 10.2 Å². The molecular weight excluding hydrogens is 338 g/mol. The fourth-order valence-corrected chi connectivity index (χ4v) is 2.88. The summed E-state index contributed by atoms with van der Waals surface area (Å²) in [4.78, 5) is 16.2. The second-order valence-corrected chi connectivity index (χ2v) is 6.81. The Labute approximate surface area is 152 Å². The molecule has 0 radical (unpaired) electrons. The van der Waals surface area contributed by atoms with Crippen molar-refractivity contribution in [2.75, 3.05) is 41.3 Å². The third-order valence-electron chi connectivity index (χ3n) is 4.20. The second-order valence-electron chi connectivity index (χ2n) is 6.37. The molecule has 3 rings (SSSR count). The molecule has 1 saturated heterocycles. The highest BCUT2D eigenvalue weighted by Crippen LogP contribution is 2.22.